The predicted molar refractivity (Wildman–Crippen MR) is 66.1 cm³/mol. The molecule has 1 aliphatic rings. The van der Waals surface area contributed by atoms with Crippen LogP contribution in [-0.4, -0.2) is 22.0 Å². The lowest BCUT2D eigenvalue weighted by molar-refractivity contribution is -0.141. The number of anilines is 1. The highest BCUT2D eigenvalue weighted by Gasteiger charge is 2.33. The van der Waals surface area contributed by atoms with E-state index in [2.05, 4.69) is 10.3 Å². The number of nitrogens with zero attached hydrogens (tertiary/aromatic N) is 1. The predicted octanol–water partition coefficient (Wildman–Crippen LogP) is 1.83. The summed E-state index contributed by atoms with van der Waals surface area (Å²) in [7, 11) is 0. The van der Waals surface area contributed by atoms with Gasteiger partial charge >= 0.3 is 5.97 Å². The van der Waals surface area contributed by atoms with Crippen molar-refractivity contribution in [3.05, 3.63) is 24.0 Å². The summed E-state index contributed by atoms with van der Waals surface area (Å²) in [6, 6.07) is 3.62. The molecule has 18 heavy (non-hydrogen) atoms. The molecule has 1 aromatic heterocycles. The molecule has 2 N–H and O–H groups in total. The molecular weight excluding hydrogens is 232 g/mol. The van der Waals surface area contributed by atoms with Crippen molar-refractivity contribution in [1.29, 1.82) is 0 Å². The van der Waals surface area contributed by atoms with Crippen molar-refractivity contribution in [3.8, 4) is 0 Å². The van der Waals surface area contributed by atoms with E-state index in [9.17, 15) is 9.59 Å². The van der Waals surface area contributed by atoms with Gasteiger partial charge in [0, 0.05) is 11.6 Å². The third-order valence-electron chi connectivity index (χ3n) is 3.33. The third kappa shape index (κ3) is 2.85. The van der Waals surface area contributed by atoms with Crippen LogP contribution in [0.3, 0.4) is 0 Å². The van der Waals surface area contributed by atoms with E-state index in [1.165, 1.54) is 0 Å². The lowest BCUT2D eigenvalue weighted by Gasteiger charge is -2.10. The van der Waals surface area contributed by atoms with Crippen LogP contribution in [0.15, 0.2) is 18.3 Å². The number of carbonyl (C=O) groups is 2. The number of hydrogen-bond acceptors (Lipinski definition) is 3. The Hall–Kier alpha value is -1.91. The lowest BCUT2D eigenvalue weighted by atomic mass is 10.0. The topological polar surface area (TPSA) is 79.3 Å². The number of rotatable bonds is 3. The molecule has 1 aliphatic carbocycles. The van der Waals surface area contributed by atoms with E-state index in [-0.39, 0.29) is 17.7 Å². The van der Waals surface area contributed by atoms with E-state index < -0.39 is 5.97 Å². The molecule has 1 saturated carbocycles. The van der Waals surface area contributed by atoms with E-state index >= 15 is 0 Å². The summed E-state index contributed by atoms with van der Waals surface area (Å²) in [6.07, 6.45) is 3.26. The maximum Gasteiger partial charge on any atom is 0.306 e. The molecule has 0 aliphatic heterocycles. The monoisotopic (exact) mass is 248 g/mol. The molecule has 1 aromatic rings. The number of aromatic nitrogens is 1. The molecule has 0 radical (unpaired) electrons. The SMILES string of the molecule is Cc1ccc(NC(=O)C2CCC(C(=O)O)C2)cn1. The van der Waals surface area contributed by atoms with Crippen LogP contribution in [0.1, 0.15) is 25.0 Å². The Kier molecular flexibility index (Phi) is 3.60. The number of carbonyl (C=O) groups excluding carboxylic acids is 1. The Balaban J connectivity index is 1.93. The summed E-state index contributed by atoms with van der Waals surface area (Å²) in [4.78, 5) is 26.9. The zero-order valence-corrected chi connectivity index (χ0v) is 10.2. The van der Waals surface area contributed by atoms with Gasteiger partial charge in [0.25, 0.3) is 0 Å². The van der Waals surface area contributed by atoms with Crippen LogP contribution in [0.4, 0.5) is 5.69 Å². The molecule has 2 unspecified atom stereocenters. The van der Waals surface area contributed by atoms with Crippen LogP contribution in [-0.2, 0) is 9.59 Å². The number of nitrogens with one attached hydrogen (secondary N) is 1. The summed E-state index contributed by atoms with van der Waals surface area (Å²) in [5, 5.41) is 11.7. The van der Waals surface area contributed by atoms with Crippen molar-refractivity contribution < 1.29 is 14.7 Å². The van der Waals surface area contributed by atoms with E-state index in [0.717, 1.165) is 5.69 Å². The molecule has 5 nitrogen and oxygen atoms in total. The number of amides is 1. The van der Waals surface area contributed by atoms with Gasteiger partial charge in [-0.15, -0.1) is 0 Å². The Morgan fingerprint density at radius 2 is 2.06 bits per heavy atom. The van der Waals surface area contributed by atoms with Crippen molar-refractivity contribution in [2.45, 2.75) is 26.2 Å². The molecule has 96 valence electrons. The molecule has 1 heterocycles. The van der Waals surface area contributed by atoms with E-state index in [4.69, 9.17) is 5.11 Å². The minimum atomic E-state index is -0.803. The van der Waals surface area contributed by atoms with Gasteiger partial charge in [0.1, 0.15) is 0 Å². The Morgan fingerprint density at radius 3 is 2.61 bits per heavy atom. The third-order valence-corrected chi connectivity index (χ3v) is 3.33. The van der Waals surface area contributed by atoms with Crippen LogP contribution in [0.2, 0.25) is 0 Å². The number of aryl methyl sites for hydroxylation is 1. The second-order valence-corrected chi connectivity index (χ2v) is 4.72. The average Bonchev–Trinajstić information content (AvgIpc) is 2.81. The van der Waals surface area contributed by atoms with Gasteiger partial charge in [0.05, 0.1) is 17.8 Å². The fourth-order valence-electron chi connectivity index (χ4n) is 2.23. The van der Waals surface area contributed by atoms with Crippen molar-refractivity contribution in [2.24, 2.45) is 11.8 Å². The fourth-order valence-corrected chi connectivity index (χ4v) is 2.23. The Bertz CT molecular complexity index is 456. The van der Waals surface area contributed by atoms with E-state index in [0.29, 0.717) is 24.9 Å². The van der Waals surface area contributed by atoms with E-state index in [1.54, 1.807) is 12.3 Å². The Labute approximate surface area is 105 Å². The molecule has 2 rings (SSSR count). The number of carboxylic acid groups (broad SMARTS) is 1. The van der Waals surface area contributed by atoms with E-state index in [1.807, 2.05) is 13.0 Å². The number of aliphatic carboxylic acids is 1. The minimum Gasteiger partial charge on any atom is -0.481 e. The van der Waals surface area contributed by atoms with Crippen LogP contribution in [0.5, 0.6) is 0 Å². The van der Waals surface area contributed by atoms with Gasteiger partial charge in [0.15, 0.2) is 0 Å². The lowest BCUT2D eigenvalue weighted by Crippen LogP contribution is -2.21. The van der Waals surface area contributed by atoms with Crippen LogP contribution in [0.25, 0.3) is 0 Å². The highest BCUT2D eigenvalue weighted by Crippen LogP contribution is 2.31. The summed E-state index contributed by atoms with van der Waals surface area (Å²) in [6.45, 7) is 1.88. The maximum atomic E-state index is 11.9. The normalized spacial score (nSPS) is 22.7. The molecular formula is C13H16N2O3. The van der Waals surface area contributed by atoms with Crippen molar-refractivity contribution in [1.82, 2.24) is 4.98 Å². The second-order valence-electron chi connectivity index (χ2n) is 4.72. The van der Waals surface area contributed by atoms with Crippen LogP contribution < -0.4 is 5.32 Å². The zero-order chi connectivity index (χ0) is 13.1. The number of pyridine rings is 1. The molecule has 2 atom stereocenters. The summed E-state index contributed by atoms with van der Waals surface area (Å²) >= 11 is 0. The largest absolute Gasteiger partial charge is 0.481 e. The smallest absolute Gasteiger partial charge is 0.306 e. The van der Waals surface area contributed by atoms with Crippen LogP contribution >= 0.6 is 0 Å². The molecule has 0 saturated heterocycles. The molecule has 5 heteroatoms. The first-order chi connectivity index (χ1) is 8.56. The molecule has 1 fully saturated rings. The number of carboxylic acids is 1. The minimum absolute atomic E-state index is 0.107. The summed E-state index contributed by atoms with van der Waals surface area (Å²) < 4.78 is 0. The van der Waals surface area contributed by atoms with Gasteiger partial charge < -0.3 is 10.4 Å². The zero-order valence-electron chi connectivity index (χ0n) is 10.2. The van der Waals surface area contributed by atoms with Gasteiger partial charge in [-0.3, -0.25) is 14.6 Å². The molecule has 1 amide bonds. The second kappa shape index (κ2) is 5.16. The highest BCUT2D eigenvalue weighted by molar-refractivity contribution is 5.93. The van der Waals surface area contributed by atoms with Gasteiger partial charge in [-0.25, -0.2) is 0 Å². The van der Waals surface area contributed by atoms with Gasteiger partial charge in [-0.05, 0) is 38.3 Å². The van der Waals surface area contributed by atoms with Crippen molar-refractivity contribution in [2.75, 3.05) is 5.32 Å². The van der Waals surface area contributed by atoms with Gasteiger partial charge in [0.2, 0.25) is 5.91 Å². The average molecular weight is 248 g/mol. The Morgan fingerprint density at radius 1 is 1.33 bits per heavy atom. The van der Waals surface area contributed by atoms with Crippen molar-refractivity contribution in [3.63, 3.8) is 0 Å². The highest BCUT2D eigenvalue weighted by atomic mass is 16.4. The standard InChI is InChI=1S/C13H16N2O3/c1-8-2-5-11(7-14-8)15-12(16)9-3-4-10(6-9)13(17)18/h2,5,7,9-10H,3-4,6H2,1H3,(H,15,16)(H,17,18). The first kappa shape index (κ1) is 12.5. The molecule has 0 spiro atoms. The first-order valence-corrected chi connectivity index (χ1v) is 6.02. The molecule has 0 aromatic carbocycles. The summed E-state index contributed by atoms with van der Waals surface area (Å²) in [5.41, 5.74) is 1.55. The fraction of sp³-hybridized carbons (Fsp3) is 0.462. The van der Waals surface area contributed by atoms with Crippen LogP contribution in [0, 0.1) is 18.8 Å². The number of hydrogen-bond donors (Lipinski definition) is 2. The first-order valence-electron chi connectivity index (χ1n) is 6.02. The molecule has 0 bridgehead atoms. The summed E-state index contributed by atoms with van der Waals surface area (Å²) in [5.74, 6) is -1.49. The van der Waals surface area contributed by atoms with Gasteiger partial charge in [-0.1, -0.05) is 0 Å². The quantitative estimate of drug-likeness (QED) is 0.855. The maximum absolute atomic E-state index is 11.9. The van der Waals surface area contributed by atoms with Gasteiger partial charge in [-0.2, -0.15) is 0 Å². The van der Waals surface area contributed by atoms with Crippen molar-refractivity contribution >= 4 is 17.6 Å².